The van der Waals surface area contributed by atoms with Gasteiger partial charge >= 0.3 is 5.97 Å². The van der Waals surface area contributed by atoms with Crippen LogP contribution in [0.4, 0.5) is 0 Å². The highest BCUT2D eigenvalue weighted by molar-refractivity contribution is 6.15. The van der Waals surface area contributed by atoms with Crippen LogP contribution in [0.1, 0.15) is 33.3 Å². The van der Waals surface area contributed by atoms with Crippen LogP contribution in [0.3, 0.4) is 0 Å². The van der Waals surface area contributed by atoms with Crippen molar-refractivity contribution in [3.63, 3.8) is 0 Å². The standard InChI is InChI=1S/C29H25NO6/c1-5-36-29(32)21-16-24(27(31)18-14-25(33-2)28(35-4)26(15-18)34-3)30-22-12-10-17-8-6-7-9-19(17)20(22)11-13-23(21)30/h6-16H,5H2,1-4H3. The molecule has 0 bridgehead atoms. The number of carbonyl (C=O) groups excluding carboxylic acids is 2. The Bertz CT molecular complexity index is 1620. The Hall–Kier alpha value is -4.52. The first-order chi connectivity index (χ1) is 17.5. The van der Waals surface area contributed by atoms with Crippen LogP contribution in [0.5, 0.6) is 17.2 Å². The first-order valence-corrected chi connectivity index (χ1v) is 11.5. The predicted molar refractivity (Wildman–Crippen MR) is 138 cm³/mol. The van der Waals surface area contributed by atoms with Crippen LogP contribution in [-0.4, -0.2) is 44.1 Å². The monoisotopic (exact) mass is 483 g/mol. The molecular weight excluding hydrogens is 458 g/mol. The maximum Gasteiger partial charge on any atom is 0.340 e. The van der Waals surface area contributed by atoms with Crippen molar-refractivity contribution < 1.29 is 28.5 Å². The topological polar surface area (TPSA) is 75.5 Å². The van der Waals surface area contributed by atoms with E-state index in [1.54, 1.807) is 25.1 Å². The van der Waals surface area contributed by atoms with Crippen molar-refractivity contribution in [1.29, 1.82) is 0 Å². The predicted octanol–water partition coefficient (Wildman–Crippen LogP) is 5.68. The maximum absolute atomic E-state index is 14.0. The van der Waals surface area contributed by atoms with E-state index in [-0.39, 0.29) is 12.4 Å². The normalized spacial score (nSPS) is 11.1. The van der Waals surface area contributed by atoms with Gasteiger partial charge in [-0.15, -0.1) is 0 Å². The largest absolute Gasteiger partial charge is 0.493 e. The Balaban J connectivity index is 1.82. The van der Waals surface area contributed by atoms with Gasteiger partial charge in [-0.05, 0) is 48.0 Å². The number of ether oxygens (including phenoxy) is 4. The van der Waals surface area contributed by atoms with E-state index in [4.69, 9.17) is 18.9 Å². The minimum absolute atomic E-state index is 0.227. The van der Waals surface area contributed by atoms with E-state index in [1.807, 2.05) is 52.9 Å². The molecule has 0 aliphatic rings. The summed E-state index contributed by atoms with van der Waals surface area (Å²) in [6, 6.07) is 20.7. The Morgan fingerprint density at radius 2 is 1.47 bits per heavy atom. The molecule has 182 valence electrons. The number of esters is 1. The lowest BCUT2D eigenvalue weighted by Gasteiger charge is -2.14. The van der Waals surface area contributed by atoms with Crippen molar-refractivity contribution in [2.75, 3.05) is 27.9 Å². The van der Waals surface area contributed by atoms with Crippen LogP contribution < -0.4 is 14.2 Å². The number of methoxy groups -OCH3 is 3. The SMILES string of the molecule is CCOC(=O)c1cc(C(=O)c2cc(OC)c(OC)c(OC)c2)n2c1ccc1c3ccccc3ccc12. The molecule has 5 aromatic rings. The van der Waals surface area contributed by atoms with Gasteiger partial charge in [-0.1, -0.05) is 36.4 Å². The van der Waals surface area contributed by atoms with Gasteiger partial charge in [-0.25, -0.2) is 4.79 Å². The number of fused-ring (bicyclic) bond motifs is 5. The number of ketones is 1. The zero-order valence-corrected chi connectivity index (χ0v) is 20.5. The average molecular weight is 484 g/mol. The summed E-state index contributed by atoms with van der Waals surface area (Å²) >= 11 is 0. The smallest absolute Gasteiger partial charge is 0.340 e. The molecule has 7 heteroatoms. The zero-order valence-electron chi connectivity index (χ0n) is 20.5. The molecule has 0 unspecified atom stereocenters. The summed E-state index contributed by atoms with van der Waals surface area (Å²) in [4.78, 5) is 26.8. The third-order valence-corrected chi connectivity index (χ3v) is 6.29. The van der Waals surface area contributed by atoms with Gasteiger partial charge in [-0.3, -0.25) is 4.79 Å². The first-order valence-electron chi connectivity index (χ1n) is 11.5. The number of hydrogen-bond donors (Lipinski definition) is 0. The van der Waals surface area contributed by atoms with Crippen molar-refractivity contribution in [1.82, 2.24) is 4.40 Å². The zero-order chi connectivity index (χ0) is 25.4. The molecule has 0 atom stereocenters. The van der Waals surface area contributed by atoms with Crippen LogP contribution >= 0.6 is 0 Å². The van der Waals surface area contributed by atoms with E-state index in [2.05, 4.69) is 0 Å². The van der Waals surface area contributed by atoms with Gasteiger partial charge in [-0.2, -0.15) is 0 Å². The highest BCUT2D eigenvalue weighted by Gasteiger charge is 2.25. The fourth-order valence-electron chi connectivity index (χ4n) is 4.67. The Morgan fingerprint density at radius 3 is 2.14 bits per heavy atom. The molecule has 5 rings (SSSR count). The van der Waals surface area contributed by atoms with Gasteiger partial charge in [0.1, 0.15) is 0 Å². The fourth-order valence-corrected chi connectivity index (χ4v) is 4.67. The Labute approximate surface area is 207 Å². The maximum atomic E-state index is 14.0. The van der Waals surface area contributed by atoms with Gasteiger partial charge in [0, 0.05) is 10.9 Å². The molecule has 0 radical (unpaired) electrons. The van der Waals surface area contributed by atoms with Crippen LogP contribution in [0.2, 0.25) is 0 Å². The minimum Gasteiger partial charge on any atom is -0.493 e. The third-order valence-electron chi connectivity index (χ3n) is 6.29. The second-order valence-corrected chi connectivity index (χ2v) is 8.18. The molecule has 0 aliphatic carbocycles. The third kappa shape index (κ3) is 3.60. The van der Waals surface area contributed by atoms with E-state index in [0.717, 1.165) is 21.7 Å². The lowest BCUT2D eigenvalue weighted by atomic mass is 10.0. The van der Waals surface area contributed by atoms with E-state index < -0.39 is 5.97 Å². The van der Waals surface area contributed by atoms with Crippen molar-refractivity contribution in [3.8, 4) is 17.2 Å². The Morgan fingerprint density at radius 1 is 0.778 bits per heavy atom. The average Bonchev–Trinajstić information content (AvgIpc) is 3.32. The van der Waals surface area contributed by atoms with Crippen LogP contribution in [0, 0.1) is 0 Å². The molecule has 0 saturated carbocycles. The van der Waals surface area contributed by atoms with Crippen molar-refractivity contribution in [3.05, 3.63) is 83.6 Å². The molecule has 0 saturated heterocycles. The molecule has 0 fully saturated rings. The van der Waals surface area contributed by atoms with Gasteiger partial charge in [0.2, 0.25) is 11.5 Å². The number of pyridine rings is 1. The van der Waals surface area contributed by atoms with Crippen LogP contribution in [-0.2, 0) is 4.74 Å². The second-order valence-electron chi connectivity index (χ2n) is 8.18. The van der Waals surface area contributed by atoms with Crippen LogP contribution in [0.25, 0.3) is 27.2 Å². The molecule has 2 heterocycles. The number of rotatable bonds is 7. The van der Waals surface area contributed by atoms with Gasteiger partial charge in [0.25, 0.3) is 0 Å². The summed E-state index contributed by atoms with van der Waals surface area (Å²) < 4.78 is 23.4. The molecule has 0 aliphatic heterocycles. The van der Waals surface area contributed by atoms with Gasteiger partial charge in [0.15, 0.2) is 11.5 Å². The Kier molecular flexibility index (Phi) is 5.98. The quantitative estimate of drug-likeness (QED) is 0.168. The van der Waals surface area contributed by atoms with E-state index >= 15 is 0 Å². The summed E-state index contributed by atoms with van der Waals surface area (Å²) in [6.45, 7) is 1.98. The molecule has 3 aromatic carbocycles. The van der Waals surface area contributed by atoms with E-state index in [1.165, 1.54) is 21.3 Å². The van der Waals surface area contributed by atoms with Crippen molar-refractivity contribution in [2.45, 2.75) is 6.92 Å². The van der Waals surface area contributed by atoms with Gasteiger partial charge < -0.3 is 23.3 Å². The molecule has 0 N–H and O–H groups in total. The summed E-state index contributed by atoms with van der Waals surface area (Å²) in [6.07, 6.45) is 0. The number of hydrogen-bond acceptors (Lipinski definition) is 6. The number of nitrogens with zero attached hydrogens (tertiary/aromatic N) is 1. The summed E-state index contributed by atoms with van der Waals surface area (Å²) in [5.74, 6) is 0.324. The molecule has 36 heavy (non-hydrogen) atoms. The first kappa shape index (κ1) is 23.2. The number of carbonyl (C=O) groups is 2. The fraction of sp³-hybridized carbons (Fsp3) is 0.172. The molecular formula is C29H25NO6. The summed E-state index contributed by atoms with van der Waals surface area (Å²) in [7, 11) is 4.50. The second kappa shape index (κ2) is 9.26. The van der Waals surface area contributed by atoms with Crippen molar-refractivity contribution >= 4 is 38.9 Å². The van der Waals surface area contributed by atoms with E-state index in [9.17, 15) is 9.59 Å². The highest BCUT2D eigenvalue weighted by atomic mass is 16.5. The number of benzene rings is 3. The molecule has 7 nitrogen and oxygen atoms in total. The molecule has 0 spiro atoms. The molecule has 2 aromatic heterocycles. The van der Waals surface area contributed by atoms with Gasteiger partial charge in [0.05, 0.1) is 50.2 Å². The summed E-state index contributed by atoms with van der Waals surface area (Å²) in [5, 5.41) is 3.10. The number of aromatic nitrogens is 1. The van der Waals surface area contributed by atoms with Crippen LogP contribution in [0.15, 0.2) is 66.7 Å². The summed E-state index contributed by atoms with van der Waals surface area (Å²) in [5.41, 5.74) is 2.37. The lowest BCUT2D eigenvalue weighted by molar-refractivity contribution is 0.0529. The van der Waals surface area contributed by atoms with E-state index in [0.29, 0.717) is 39.6 Å². The molecule has 0 amide bonds. The minimum atomic E-state index is -0.487. The lowest BCUT2D eigenvalue weighted by Crippen LogP contribution is -2.07. The highest BCUT2D eigenvalue weighted by Crippen LogP contribution is 2.39. The van der Waals surface area contributed by atoms with Crippen molar-refractivity contribution in [2.24, 2.45) is 0 Å².